The van der Waals surface area contributed by atoms with E-state index in [2.05, 4.69) is 16.3 Å². The van der Waals surface area contributed by atoms with Crippen molar-refractivity contribution in [1.82, 2.24) is 15.2 Å². The van der Waals surface area contributed by atoms with Crippen LogP contribution in [-0.2, 0) is 11.2 Å². The molecule has 1 fully saturated rings. The first-order chi connectivity index (χ1) is 16.0. The number of nitrogens with zero attached hydrogens (tertiary/aromatic N) is 3. The summed E-state index contributed by atoms with van der Waals surface area (Å²) in [6.45, 7) is 7.24. The Morgan fingerprint density at radius 2 is 1.97 bits per heavy atom. The molecule has 176 valence electrons. The zero-order valence-electron chi connectivity index (χ0n) is 19.2. The Hall–Kier alpha value is -2.61. The van der Waals surface area contributed by atoms with E-state index in [0.29, 0.717) is 18.1 Å². The van der Waals surface area contributed by atoms with Crippen LogP contribution in [0.4, 0.5) is 4.79 Å². The molecule has 1 saturated heterocycles. The average molecular weight is 471 g/mol. The van der Waals surface area contributed by atoms with E-state index in [0.717, 1.165) is 67.4 Å². The Kier molecular flexibility index (Phi) is 7.85. The van der Waals surface area contributed by atoms with Gasteiger partial charge in [0, 0.05) is 42.8 Å². The number of nitrogens with one attached hydrogen (secondary N) is 1. The molecule has 2 amide bonds. The number of hydrogen-bond donors (Lipinski definition) is 1. The lowest BCUT2D eigenvalue weighted by molar-refractivity contribution is 0.0358. The van der Waals surface area contributed by atoms with E-state index in [1.54, 1.807) is 7.05 Å². The molecule has 0 spiro atoms. The van der Waals surface area contributed by atoms with Crippen LogP contribution < -0.4 is 10.1 Å². The van der Waals surface area contributed by atoms with Crippen molar-refractivity contribution in [2.45, 2.75) is 25.8 Å². The van der Waals surface area contributed by atoms with Gasteiger partial charge in [0.2, 0.25) is 0 Å². The summed E-state index contributed by atoms with van der Waals surface area (Å²) in [5.41, 5.74) is 3.73. The van der Waals surface area contributed by atoms with Gasteiger partial charge >= 0.3 is 6.03 Å². The average Bonchev–Trinajstić information content (AvgIpc) is 2.98. The molecule has 1 atom stereocenters. The van der Waals surface area contributed by atoms with E-state index < -0.39 is 0 Å². The summed E-state index contributed by atoms with van der Waals surface area (Å²) in [7, 11) is 1.62. The maximum Gasteiger partial charge on any atom is 0.337 e. The van der Waals surface area contributed by atoms with Gasteiger partial charge in [-0.15, -0.1) is 0 Å². The van der Waals surface area contributed by atoms with E-state index >= 15 is 0 Å². The summed E-state index contributed by atoms with van der Waals surface area (Å²) in [5.74, 6) is 0.804. The maximum absolute atomic E-state index is 12.5. The van der Waals surface area contributed by atoms with Crippen molar-refractivity contribution >= 4 is 23.3 Å². The molecule has 0 bridgehead atoms. The molecule has 4 rings (SSSR count). The van der Waals surface area contributed by atoms with Crippen molar-refractivity contribution in [1.29, 1.82) is 0 Å². The number of morpholine rings is 1. The smallest absolute Gasteiger partial charge is 0.337 e. The second kappa shape index (κ2) is 11.0. The van der Waals surface area contributed by atoms with Crippen LogP contribution in [0.1, 0.15) is 30.0 Å². The van der Waals surface area contributed by atoms with Gasteiger partial charge in [-0.1, -0.05) is 29.8 Å². The van der Waals surface area contributed by atoms with E-state index in [1.807, 2.05) is 43.3 Å². The Morgan fingerprint density at radius 3 is 2.70 bits per heavy atom. The number of urea groups is 1. The first kappa shape index (κ1) is 23.5. The van der Waals surface area contributed by atoms with E-state index in [1.165, 1.54) is 5.01 Å². The summed E-state index contributed by atoms with van der Waals surface area (Å²) in [4.78, 5) is 14.9. The molecule has 2 aromatic rings. The number of fused-ring (bicyclic) bond motifs is 1. The third kappa shape index (κ3) is 5.85. The minimum absolute atomic E-state index is 0.0891. The molecular weight excluding hydrogens is 440 g/mol. The van der Waals surface area contributed by atoms with Crippen molar-refractivity contribution in [2.75, 3.05) is 46.5 Å². The Balaban J connectivity index is 1.56. The van der Waals surface area contributed by atoms with Gasteiger partial charge < -0.3 is 14.8 Å². The van der Waals surface area contributed by atoms with Gasteiger partial charge in [-0.25, -0.2) is 9.80 Å². The maximum atomic E-state index is 12.5. The molecule has 1 unspecified atom stereocenters. The van der Waals surface area contributed by atoms with E-state index in [-0.39, 0.29) is 12.1 Å². The zero-order chi connectivity index (χ0) is 23.2. The van der Waals surface area contributed by atoms with Crippen LogP contribution in [0.25, 0.3) is 0 Å². The predicted octanol–water partition coefficient (Wildman–Crippen LogP) is 3.78. The first-order valence-corrected chi connectivity index (χ1v) is 11.8. The van der Waals surface area contributed by atoms with Gasteiger partial charge in [0.15, 0.2) is 0 Å². The molecule has 0 radical (unpaired) electrons. The summed E-state index contributed by atoms with van der Waals surface area (Å²) < 4.78 is 11.5. The summed E-state index contributed by atoms with van der Waals surface area (Å²) in [5, 5.41) is 9.66. The van der Waals surface area contributed by atoms with Crippen LogP contribution in [0.2, 0.25) is 5.02 Å². The highest BCUT2D eigenvalue weighted by Gasteiger charge is 2.27. The number of benzene rings is 2. The number of halogens is 1. The summed E-state index contributed by atoms with van der Waals surface area (Å²) in [6.07, 6.45) is 1.65. The third-order valence-electron chi connectivity index (χ3n) is 6.01. The van der Waals surface area contributed by atoms with Crippen LogP contribution in [0.5, 0.6) is 5.75 Å². The number of hydrazone groups is 1. The molecule has 7 nitrogen and oxygen atoms in total. The molecule has 0 aromatic heterocycles. The SMILES string of the molecule is CNC(=O)N1N=C(c2ccc(Cl)cc2)c2cc(OCCCN3CCOCC3)ccc2CC1C. The van der Waals surface area contributed by atoms with Gasteiger partial charge in [-0.3, -0.25) is 4.90 Å². The van der Waals surface area contributed by atoms with Gasteiger partial charge in [0.25, 0.3) is 0 Å². The summed E-state index contributed by atoms with van der Waals surface area (Å²) in [6, 6.07) is 13.3. The second-order valence-electron chi connectivity index (χ2n) is 8.38. The van der Waals surface area contributed by atoms with Gasteiger partial charge in [-0.2, -0.15) is 5.10 Å². The van der Waals surface area contributed by atoms with Gasteiger partial charge in [0.1, 0.15) is 5.75 Å². The van der Waals surface area contributed by atoms with Crippen molar-refractivity contribution in [2.24, 2.45) is 5.10 Å². The fraction of sp³-hybridized carbons (Fsp3) is 0.440. The molecule has 2 aliphatic heterocycles. The Morgan fingerprint density at radius 1 is 1.21 bits per heavy atom. The van der Waals surface area contributed by atoms with Crippen molar-refractivity contribution in [3.05, 3.63) is 64.2 Å². The van der Waals surface area contributed by atoms with Crippen LogP contribution in [-0.4, -0.2) is 74.2 Å². The number of rotatable bonds is 6. The Labute approximate surface area is 200 Å². The highest BCUT2D eigenvalue weighted by Crippen LogP contribution is 2.28. The minimum Gasteiger partial charge on any atom is -0.494 e. The van der Waals surface area contributed by atoms with E-state index in [9.17, 15) is 4.79 Å². The standard InChI is InChI=1S/C25H31ClN4O3/c1-18-16-20-6-9-22(33-13-3-10-29-11-14-32-15-12-29)17-23(20)24(28-30(18)25(31)27-2)19-4-7-21(26)8-5-19/h4-9,17-18H,3,10-16H2,1-2H3,(H,27,31). The lowest BCUT2D eigenvalue weighted by Gasteiger charge is -2.26. The minimum atomic E-state index is -0.235. The van der Waals surface area contributed by atoms with Crippen LogP contribution in [0, 0.1) is 0 Å². The van der Waals surface area contributed by atoms with Gasteiger partial charge in [0.05, 0.1) is 31.6 Å². The molecule has 0 aliphatic carbocycles. The van der Waals surface area contributed by atoms with Crippen LogP contribution >= 0.6 is 11.6 Å². The fourth-order valence-corrected chi connectivity index (χ4v) is 4.32. The second-order valence-corrected chi connectivity index (χ2v) is 8.82. The quantitative estimate of drug-likeness (QED) is 0.652. The molecule has 33 heavy (non-hydrogen) atoms. The van der Waals surface area contributed by atoms with E-state index in [4.69, 9.17) is 26.2 Å². The molecule has 0 saturated carbocycles. The number of hydrogen-bond acceptors (Lipinski definition) is 5. The molecule has 2 aromatic carbocycles. The molecule has 8 heteroatoms. The number of amides is 2. The zero-order valence-corrected chi connectivity index (χ0v) is 20.0. The first-order valence-electron chi connectivity index (χ1n) is 11.5. The summed E-state index contributed by atoms with van der Waals surface area (Å²) >= 11 is 6.12. The van der Waals surface area contributed by atoms with Crippen molar-refractivity contribution in [3.8, 4) is 5.75 Å². The molecular formula is C25H31ClN4O3. The fourth-order valence-electron chi connectivity index (χ4n) is 4.19. The van der Waals surface area contributed by atoms with Crippen molar-refractivity contribution in [3.63, 3.8) is 0 Å². The normalized spacial score (nSPS) is 18.8. The number of carbonyl (C=O) groups excluding carboxylic acids is 1. The number of ether oxygens (including phenoxy) is 2. The molecule has 2 aliphatic rings. The largest absolute Gasteiger partial charge is 0.494 e. The lowest BCUT2D eigenvalue weighted by atomic mass is 9.94. The highest BCUT2D eigenvalue weighted by molar-refractivity contribution is 6.30. The monoisotopic (exact) mass is 470 g/mol. The van der Waals surface area contributed by atoms with Gasteiger partial charge in [-0.05, 0) is 49.6 Å². The predicted molar refractivity (Wildman–Crippen MR) is 130 cm³/mol. The third-order valence-corrected chi connectivity index (χ3v) is 6.26. The number of carbonyl (C=O) groups is 1. The lowest BCUT2D eigenvalue weighted by Crippen LogP contribution is -2.41. The van der Waals surface area contributed by atoms with Crippen LogP contribution in [0.3, 0.4) is 0 Å². The van der Waals surface area contributed by atoms with Crippen LogP contribution in [0.15, 0.2) is 47.6 Å². The molecule has 2 heterocycles. The highest BCUT2D eigenvalue weighted by atomic mass is 35.5. The topological polar surface area (TPSA) is 66.4 Å². The van der Waals surface area contributed by atoms with Crippen molar-refractivity contribution < 1.29 is 14.3 Å². The Bertz CT molecular complexity index is 990. The molecule has 1 N–H and O–H groups in total.